The van der Waals surface area contributed by atoms with E-state index in [0.717, 1.165) is 10.4 Å². The molecular formula is C8H11NOS2. The molecule has 1 aromatic rings. The number of thiophene rings is 1. The van der Waals surface area contributed by atoms with Crippen molar-refractivity contribution in [2.75, 3.05) is 12.3 Å². The Balaban J connectivity index is 2.59. The Kier molecular flexibility index (Phi) is 3.62. The van der Waals surface area contributed by atoms with Crippen LogP contribution < -0.4 is 5.32 Å². The van der Waals surface area contributed by atoms with Gasteiger partial charge >= 0.3 is 0 Å². The monoisotopic (exact) mass is 201 g/mol. The molecule has 1 rings (SSSR count). The van der Waals surface area contributed by atoms with Gasteiger partial charge in [-0.05, 0) is 23.9 Å². The molecule has 0 radical (unpaired) electrons. The number of rotatable bonds is 3. The summed E-state index contributed by atoms with van der Waals surface area (Å²) in [5.74, 6) is 0.687. The highest BCUT2D eigenvalue weighted by Crippen LogP contribution is 2.14. The Morgan fingerprint density at radius 2 is 2.50 bits per heavy atom. The van der Waals surface area contributed by atoms with E-state index in [-0.39, 0.29) is 5.91 Å². The lowest BCUT2D eigenvalue weighted by Crippen LogP contribution is -2.24. The minimum absolute atomic E-state index is 0.0107. The standard InChI is InChI=1S/C8H11NOS2/c1-6-2-5-12-7(6)8(10)9-3-4-11/h2,5,11H,3-4H2,1H3,(H,9,10). The second-order valence-electron chi connectivity index (χ2n) is 2.41. The Hall–Kier alpha value is -0.480. The van der Waals surface area contributed by atoms with Crippen LogP contribution in [0.3, 0.4) is 0 Å². The Labute approximate surface area is 81.4 Å². The summed E-state index contributed by atoms with van der Waals surface area (Å²) >= 11 is 5.48. The van der Waals surface area contributed by atoms with Crippen LogP contribution in [0.15, 0.2) is 11.4 Å². The third kappa shape index (κ3) is 2.25. The molecule has 0 atom stereocenters. The highest BCUT2D eigenvalue weighted by Gasteiger charge is 2.08. The maximum absolute atomic E-state index is 11.4. The first kappa shape index (κ1) is 9.61. The van der Waals surface area contributed by atoms with Crippen molar-refractivity contribution in [2.24, 2.45) is 0 Å². The molecule has 0 unspecified atom stereocenters. The van der Waals surface area contributed by atoms with Gasteiger partial charge in [-0.25, -0.2) is 0 Å². The van der Waals surface area contributed by atoms with Crippen LogP contribution in [0.2, 0.25) is 0 Å². The van der Waals surface area contributed by atoms with Crippen LogP contribution in [-0.2, 0) is 0 Å². The van der Waals surface area contributed by atoms with Gasteiger partial charge in [0.2, 0.25) is 0 Å². The average Bonchev–Trinajstić information content (AvgIpc) is 2.47. The van der Waals surface area contributed by atoms with E-state index >= 15 is 0 Å². The fraction of sp³-hybridized carbons (Fsp3) is 0.375. The minimum atomic E-state index is 0.0107. The zero-order chi connectivity index (χ0) is 8.97. The number of hydrogen-bond donors (Lipinski definition) is 2. The first-order valence-electron chi connectivity index (χ1n) is 3.69. The van der Waals surface area contributed by atoms with Gasteiger partial charge in [0.25, 0.3) is 5.91 Å². The van der Waals surface area contributed by atoms with Gasteiger partial charge < -0.3 is 5.32 Å². The van der Waals surface area contributed by atoms with E-state index in [1.807, 2.05) is 18.4 Å². The van der Waals surface area contributed by atoms with Crippen molar-refractivity contribution in [2.45, 2.75) is 6.92 Å². The quantitative estimate of drug-likeness (QED) is 0.716. The van der Waals surface area contributed by atoms with E-state index in [1.165, 1.54) is 11.3 Å². The number of aryl methyl sites for hydroxylation is 1. The molecule has 0 aliphatic carbocycles. The zero-order valence-corrected chi connectivity index (χ0v) is 8.54. The molecule has 0 aliphatic heterocycles. The van der Waals surface area contributed by atoms with Crippen LogP contribution >= 0.6 is 24.0 Å². The van der Waals surface area contributed by atoms with Crippen LogP contribution in [0, 0.1) is 6.92 Å². The predicted octanol–water partition coefficient (Wildman–Crippen LogP) is 1.72. The maximum atomic E-state index is 11.4. The number of carbonyl (C=O) groups is 1. The number of carbonyl (C=O) groups excluding carboxylic acids is 1. The summed E-state index contributed by atoms with van der Waals surface area (Å²) in [5, 5.41) is 4.69. The number of hydrogen-bond acceptors (Lipinski definition) is 3. The summed E-state index contributed by atoms with van der Waals surface area (Å²) in [6, 6.07) is 1.94. The van der Waals surface area contributed by atoms with E-state index in [1.54, 1.807) is 0 Å². The van der Waals surface area contributed by atoms with Crippen LogP contribution in [0.4, 0.5) is 0 Å². The molecule has 0 bridgehead atoms. The second-order valence-corrected chi connectivity index (χ2v) is 3.78. The van der Waals surface area contributed by atoms with Crippen molar-refractivity contribution in [3.8, 4) is 0 Å². The zero-order valence-electron chi connectivity index (χ0n) is 6.83. The molecule has 0 aromatic carbocycles. The van der Waals surface area contributed by atoms with Gasteiger partial charge in [-0.1, -0.05) is 0 Å². The minimum Gasteiger partial charge on any atom is -0.351 e. The number of thiol groups is 1. The van der Waals surface area contributed by atoms with Gasteiger partial charge in [0.15, 0.2) is 0 Å². The molecule has 0 spiro atoms. The van der Waals surface area contributed by atoms with Crippen molar-refractivity contribution in [3.63, 3.8) is 0 Å². The van der Waals surface area contributed by atoms with Crippen molar-refractivity contribution in [3.05, 3.63) is 21.9 Å². The molecule has 1 amide bonds. The lowest BCUT2D eigenvalue weighted by Gasteiger charge is -2.00. The summed E-state index contributed by atoms with van der Waals surface area (Å²) in [5.41, 5.74) is 1.04. The molecule has 1 aromatic heterocycles. The highest BCUT2D eigenvalue weighted by molar-refractivity contribution is 7.80. The maximum Gasteiger partial charge on any atom is 0.261 e. The highest BCUT2D eigenvalue weighted by atomic mass is 32.1. The van der Waals surface area contributed by atoms with Gasteiger partial charge in [0.1, 0.15) is 0 Å². The lowest BCUT2D eigenvalue weighted by atomic mass is 10.3. The van der Waals surface area contributed by atoms with Crippen molar-refractivity contribution >= 4 is 29.9 Å². The fourth-order valence-electron chi connectivity index (χ4n) is 0.855. The van der Waals surface area contributed by atoms with Crippen LogP contribution in [0.5, 0.6) is 0 Å². The Morgan fingerprint density at radius 3 is 3.00 bits per heavy atom. The summed E-state index contributed by atoms with van der Waals surface area (Å²) < 4.78 is 0. The molecule has 1 N–H and O–H groups in total. The molecule has 2 nitrogen and oxygen atoms in total. The van der Waals surface area contributed by atoms with E-state index < -0.39 is 0 Å². The average molecular weight is 201 g/mol. The van der Waals surface area contributed by atoms with Crippen LogP contribution in [0.1, 0.15) is 15.2 Å². The largest absolute Gasteiger partial charge is 0.351 e. The third-order valence-corrected chi connectivity index (χ3v) is 2.70. The second kappa shape index (κ2) is 4.52. The van der Waals surface area contributed by atoms with Crippen molar-refractivity contribution in [1.29, 1.82) is 0 Å². The number of amides is 1. The third-order valence-electron chi connectivity index (χ3n) is 1.47. The molecule has 1 heterocycles. The molecule has 66 valence electrons. The van der Waals surface area contributed by atoms with Crippen LogP contribution in [-0.4, -0.2) is 18.2 Å². The first-order valence-corrected chi connectivity index (χ1v) is 5.20. The first-order chi connectivity index (χ1) is 5.75. The SMILES string of the molecule is Cc1ccsc1C(=O)NCCS. The number of nitrogens with one attached hydrogen (secondary N) is 1. The fourth-order valence-corrected chi connectivity index (χ4v) is 1.81. The van der Waals surface area contributed by atoms with Crippen molar-refractivity contribution in [1.82, 2.24) is 5.32 Å². The van der Waals surface area contributed by atoms with Gasteiger partial charge in [0.05, 0.1) is 4.88 Å². The lowest BCUT2D eigenvalue weighted by molar-refractivity contribution is 0.0959. The van der Waals surface area contributed by atoms with Gasteiger partial charge in [-0.15, -0.1) is 11.3 Å². The van der Waals surface area contributed by atoms with Gasteiger partial charge in [-0.2, -0.15) is 12.6 Å². The molecule has 0 saturated heterocycles. The van der Waals surface area contributed by atoms with E-state index in [4.69, 9.17) is 0 Å². The predicted molar refractivity (Wildman–Crippen MR) is 55.2 cm³/mol. The molecule has 12 heavy (non-hydrogen) atoms. The molecule has 4 heteroatoms. The molecule has 0 aliphatic rings. The Bertz CT molecular complexity index is 270. The summed E-state index contributed by atoms with van der Waals surface area (Å²) in [7, 11) is 0. The van der Waals surface area contributed by atoms with E-state index in [0.29, 0.717) is 12.3 Å². The normalized spacial score (nSPS) is 9.83. The molecule has 0 saturated carbocycles. The van der Waals surface area contributed by atoms with Gasteiger partial charge in [0, 0.05) is 12.3 Å². The molecule has 0 fully saturated rings. The van der Waals surface area contributed by atoms with E-state index in [2.05, 4.69) is 17.9 Å². The summed E-state index contributed by atoms with van der Waals surface area (Å²) in [4.78, 5) is 12.2. The molecular weight excluding hydrogens is 190 g/mol. The Morgan fingerprint density at radius 1 is 1.75 bits per heavy atom. The van der Waals surface area contributed by atoms with Crippen LogP contribution in [0.25, 0.3) is 0 Å². The topological polar surface area (TPSA) is 29.1 Å². The summed E-state index contributed by atoms with van der Waals surface area (Å²) in [6.07, 6.45) is 0. The summed E-state index contributed by atoms with van der Waals surface area (Å²) in [6.45, 7) is 2.56. The smallest absolute Gasteiger partial charge is 0.261 e. The van der Waals surface area contributed by atoms with Crippen molar-refractivity contribution < 1.29 is 4.79 Å². The van der Waals surface area contributed by atoms with E-state index in [9.17, 15) is 4.79 Å². The van der Waals surface area contributed by atoms with Gasteiger partial charge in [-0.3, -0.25) is 4.79 Å².